The van der Waals surface area contributed by atoms with E-state index in [1.807, 2.05) is 69.3 Å². The van der Waals surface area contributed by atoms with Gasteiger partial charge < -0.3 is 9.61 Å². The van der Waals surface area contributed by atoms with Crippen molar-refractivity contribution in [2.45, 2.75) is 20.8 Å². The zero-order valence-electron chi connectivity index (χ0n) is 12.1. The molecule has 0 amide bonds. The summed E-state index contributed by atoms with van der Waals surface area (Å²) in [7, 11) is -3.11. The van der Waals surface area contributed by atoms with Gasteiger partial charge in [-0.2, -0.15) is 0 Å². The van der Waals surface area contributed by atoms with Crippen molar-refractivity contribution in [3.05, 3.63) is 59.7 Å². The molecule has 1 N–H and O–H groups in total. The highest BCUT2D eigenvalue weighted by Crippen LogP contribution is 2.46. The fourth-order valence-electron chi connectivity index (χ4n) is 2.08. The maximum atomic E-state index is 13.2. The van der Waals surface area contributed by atoms with Crippen LogP contribution in [0.3, 0.4) is 0 Å². The number of nitrogens with one attached hydrogen (secondary N) is 1. The molecule has 20 heavy (non-hydrogen) atoms. The van der Waals surface area contributed by atoms with Gasteiger partial charge in [0.1, 0.15) is 0 Å². The third-order valence-electron chi connectivity index (χ3n) is 3.25. The Hall–Kier alpha value is -1.57. The van der Waals surface area contributed by atoms with E-state index in [9.17, 15) is 4.57 Å². The van der Waals surface area contributed by atoms with Gasteiger partial charge in [-0.1, -0.05) is 30.3 Å². The predicted octanol–water partition coefficient (Wildman–Crippen LogP) is 4.27. The molecule has 2 rings (SSSR count). The van der Waals surface area contributed by atoms with Crippen LogP contribution in [0.5, 0.6) is 0 Å². The van der Waals surface area contributed by atoms with E-state index in [0.29, 0.717) is 6.61 Å². The third-order valence-corrected chi connectivity index (χ3v) is 5.55. The van der Waals surface area contributed by atoms with Gasteiger partial charge in [0.25, 0.3) is 0 Å². The SMILES string of the molecule is CCOP(=O)(Nc1ccccc1)c1cccc(C)c1C. The second-order valence-corrected chi connectivity index (χ2v) is 6.73. The molecule has 0 aliphatic rings. The average molecular weight is 289 g/mol. The van der Waals surface area contributed by atoms with Crippen molar-refractivity contribution < 1.29 is 9.09 Å². The lowest BCUT2D eigenvalue weighted by atomic mass is 10.1. The molecule has 2 aromatic rings. The van der Waals surface area contributed by atoms with Crippen molar-refractivity contribution in [3.8, 4) is 0 Å². The minimum Gasteiger partial charge on any atom is -0.312 e. The zero-order valence-corrected chi connectivity index (χ0v) is 13.0. The molecule has 106 valence electrons. The standard InChI is InChI=1S/C16H20NO2P/c1-4-19-20(18,17-15-10-6-5-7-11-15)16-12-8-9-13(2)14(16)3/h5-12H,4H2,1-3H3,(H,17,18). The third kappa shape index (κ3) is 3.12. The van der Waals surface area contributed by atoms with Gasteiger partial charge in [0.05, 0.1) is 11.9 Å². The number of benzene rings is 2. The monoisotopic (exact) mass is 289 g/mol. The van der Waals surface area contributed by atoms with E-state index in [1.54, 1.807) is 0 Å². The highest BCUT2D eigenvalue weighted by atomic mass is 31.2. The molecule has 0 heterocycles. The largest absolute Gasteiger partial charge is 0.324 e. The Morgan fingerprint density at radius 2 is 1.75 bits per heavy atom. The van der Waals surface area contributed by atoms with Crippen molar-refractivity contribution in [2.75, 3.05) is 11.7 Å². The fourth-order valence-corrected chi connectivity index (χ4v) is 4.16. The van der Waals surface area contributed by atoms with Gasteiger partial charge in [-0.3, -0.25) is 4.57 Å². The molecule has 0 spiro atoms. The lowest BCUT2D eigenvalue weighted by Gasteiger charge is -2.22. The quantitative estimate of drug-likeness (QED) is 0.835. The Labute approximate surface area is 120 Å². The van der Waals surface area contributed by atoms with Gasteiger partial charge in [-0.05, 0) is 50.1 Å². The van der Waals surface area contributed by atoms with Gasteiger partial charge in [0, 0.05) is 5.69 Å². The average Bonchev–Trinajstić information content (AvgIpc) is 2.43. The maximum absolute atomic E-state index is 13.2. The normalized spacial score (nSPS) is 13.8. The summed E-state index contributed by atoms with van der Waals surface area (Å²) in [5.41, 5.74) is 2.91. The van der Waals surface area contributed by atoms with E-state index < -0.39 is 7.52 Å². The minimum atomic E-state index is -3.11. The topological polar surface area (TPSA) is 38.3 Å². The molecule has 0 aliphatic carbocycles. The summed E-state index contributed by atoms with van der Waals surface area (Å²) in [6.07, 6.45) is 0. The Bertz CT molecular complexity index is 626. The van der Waals surface area contributed by atoms with Crippen molar-refractivity contribution in [1.29, 1.82) is 0 Å². The minimum absolute atomic E-state index is 0.393. The first-order chi connectivity index (χ1) is 9.57. The molecule has 0 saturated carbocycles. The van der Waals surface area contributed by atoms with Gasteiger partial charge in [0.2, 0.25) is 0 Å². The van der Waals surface area contributed by atoms with Crippen LogP contribution in [-0.2, 0) is 9.09 Å². The summed E-state index contributed by atoms with van der Waals surface area (Å²) < 4.78 is 18.8. The number of hydrogen-bond acceptors (Lipinski definition) is 2. The lowest BCUT2D eigenvalue weighted by molar-refractivity contribution is 0.344. The van der Waals surface area contributed by atoms with E-state index in [2.05, 4.69) is 5.09 Å². The Kier molecular flexibility index (Phi) is 4.64. The molecule has 2 aromatic carbocycles. The van der Waals surface area contributed by atoms with Gasteiger partial charge >= 0.3 is 7.52 Å². The number of para-hydroxylation sites is 1. The lowest BCUT2D eigenvalue weighted by Crippen LogP contribution is -2.18. The number of rotatable bonds is 5. The van der Waals surface area contributed by atoms with Crippen molar-refractivity contribution in [1.82, 2.24) is 0 Å². The van der Waals surface area contributed by atoms with E-state index in [4.69, 9.17) is 4.52 Å². The van der Waals surface area contributed by atoms with E-state index in [1.165, 1.54) is 0 Å². The second kappa shape index (κ2) is 6.25. The first kappa shape index (κ1) is 14.8. The van der Waals surface area contributed by atoms with E-state index in [-0.39, 0.29) is 0 Å². The predicted molar refractivity (Wildman–Crippen MR) is 84.8 cm³/mol. The molecule has 4 heteroatoms. The molecule has 1 atom stereocenters. The summed E-state index contributed by atoms with van der Waals surface area (Å²) in [4.78, 5) is 0. The Morgan fingerprint density at radius 3 is 2.40 bits per heavy atom. The van der Waals surface area contributed by atoms with Crippen LogP contribution in [0.1, 0.15) is 18.1 Å². The van der Waals surface area contributed by atoms with Gasteiger partial charge in [-0.15, -0.1) is 0 Å². The van der Waals surface area contributed by atoms with Crippen molar-refractivity contribution >= 4 is 18.5 Å². The van der Waals surface area contributed by atoms with Gasteiger partial charge in [-0.25, -0.2) is 0 Å². The molecule has 0 fully saturated rings. The van der Waals surface area contributed by atoms with Crippen LogP contribution in [0.25, 0.3) is 0 Å². The van der Waals surface area contributed by atoms with E-state index >= 15 is 0 Å². The van der Waals surface area contributed by atoms with Crippen LogP contribution in [0.4, 0.5) is 5.69 Å². The molecule has 0 saturated heterocycles. The Balaban J connectivity index is 2.44. The summed E-state index contributed by atoms with van der Waals surface area (Å²) >= 11 is 0. The number of hydrogen-bond donors (Lipinski definition) is 1. The molecule has 0 radical (unpaired) electrons. The van der Waals surface area contributed by atoms with Crippen LogP contribution >= 0.6 is 7.52 Å². The fraction of sp³-hybridized carbons (Fsp3) is 0.250. The van der Waals surface area contributed by atoms with Crippen LogP contribution in [0, 0.1) is 13.8 Å². The summed E-state index contributed by atoms with van der Waals surface area (Å²) in [5, 5.41) is 3.81. The number of aryl methyl sites for hydroxylation is 1. The van der Waals surface area contributed by atoms with Crippen molar-refractivity contribution in [3.63, 3.8) is 0 Å². The summed E-state index contributed by atoms with van der Waals surface area (Å²) in [6.45, 7) is 6.23. The molecular weight excluding hydrogens is 269 g/mol. The smallest absolute Gasteiger partial charge is 0.312 e. The van der Waals surface area contributed by atoms with Crippen LogP contribution < -0.4 is 10.4 Å². The first-order valence-corrected chi connectivity index (χ1v) is 8.34. The highest BCUT2D eigenvalue weighted by Gasteiger charge is 2.27. The molecule has 0 aliphatic heterocycles. The molecule has 3 nitrogen and oxygen atoms in total. The second-order valence-electron chi connectivity index (χ2n) is 4.67. The van der Waals surface area contributed by atoms with Gasteiger partial charge in [0.15, 0.2) is 0 Å². The van der Waals surface area contributed by atoms with Crippen LogP contribution in [0.15, 0.2) is 48.5 Å². The number of anilines is 1. The van der Waals surface area contributed by atoms with Crippen LogP contribution in [-0.4, -0.2) is 6.61 Å². The Morgan fingerprint density at radius 1 is 1.05 bits per heavy atom. The highest BCUT2D eigenvalue weighted by molar-refractivity contribution is 7.68. The van der Waals surface area contributed by atoms with Crippen LogP contribution in [0.2, 0.25) is 0 Å². The summed E-state index contributed by atoms with van der Waals surface area (Å²) in [6, 6.07) is 15.3. The maximum Gasteiger partial charge on any atom is 0.324 e. The molecular formula is C16H20NO2P. The molecule has 1 unspecified atom stereocenters. The summed E-state index contributed by atoms with van der Waals surface area (Å²) in [5.74, 6) is 0. The van der Waals surface area contributed by atoms with Crippen molar-refractivity contribution in [2.24, 2.45) is 0 Å². The first-order valence-electron chi connectivity index (χ1n) is 6.71. The van der Waals surface area contributed by atoms with E-state index in [0.717, 1.165) is 22.1 Å². The zero-order chi connectivity index (χ0) is 14.6. The molecule has 0 bridgehead atoms. The molecule has 0 aromatic heterocycles.